The van der Waals surface area contributed by atoms with E-state index >= 15 is 0 Å². The molecule has 0 radical (unpaired) electrons. The van der Waals surface area contributed by atoms with Crippen molar-refractivity contribution in [1.29, 1.82) is 0 Å². The fourth-order valence-corrected chi connectivity index (χ4v) is 1.14. The number of aromatic nitrogens is 1. The molecule has 1 heterocycles. The smallest absolute Gasteiger partial charge is 0.251 e. The van der Waals surface area contributed by atoms with Crippen LogP contribution < -0.4 is 5.32 Å². The molecule has 5 heteroatoms. The number of carbonyl (C=O) groups is 1. The van der Waals surface area contributed by atoms with Crippen LogP contribution in [0.15, 0.2) is 18.3 Å². The van der Waals surface area contributed by atoms with Crippen LogP contribution in [-0.4, -0.2) is 28.1 Å². The van der Waals surface area contributed by atoms with E-state index in [-0.39, 0.29) is 17.7 Å². The molecule has 0 aliphatic heterocycles. The molecule has 0 spiro atoms. The Hall–Kier alpha value is -1.13. The van der Waals surface area contributed by atoms with Crippen molar-refractivity contribution in [2.45, 2.75) is 19.4 Å². The summed E-state index contributed by atoms with van der Waals surface area (Å²) < 4.78 is 0. The molecule has 1 rings (SSSR count). The van der Waals surface area contributed by atoms with Gasteiger partial charge in [-0.1, -0.05) is 11.6 Å². The van der Waals surface area contributed by atoms with E-state index in [1.807, 2.05) is 0 Å². The summed E-state index contributed by atoms with van der Waals surface area (Å²) >= 11 is 5.65. The van der Waals surface area contributed by atoms with E-state index < -0.39 is 5.54 Å². The lowest BCUT2D eigenvalue weighted by Gasteiger charge is -2.23. The normalized spacial score (nSPS) is 11.2. The van der Waals surface area contributed by atoms with Crippen molar-refractivity contribution < 1.29 is 9.90 Å². The van der Waals surface area contributed by atoms with Gasteiger partial charge in [-0.15, -0.1) is 0 Å². The summed E-state index contributed by atoms with van der Waals surface area (Å²) in [4.78, 5) is 15.4. The molecule has 82 valence electrons. The SMILES string of the molecule is CC(C)(CO)NC(=O)c1ccnc(Cl)c1. The summed E-state index contributed by atoms with van der Waals surface area (Å²) in [6.07, 6.45) is 1.46. The maximum Gasteiger partial charge on any atom is 0.251 e. The lowest BCUT2D eigenvalue weighted by atomic mass is 10.1. The van der Waals surface area contributed by atoms with Crippen molar-refractivity contribution in [2.24, 2.45) is 0 Å². The Bertz CT molecular complexity index is 366. The summed E-state index contributed by atoms with van der Waals surface area (Å²) in [7, 11) is 0. The van der Waals surface area contributed by atoms with Gasteiger partial charge in [0.15, 0.2) is 0 Å². The van der Waals surface area contributed by atoms with Gasteiger partial charge in [0.05, 0.1) is 12.1 Å². The molecule has 1 aromatic rings. The number of aliphatic hydroxyl groups excluding tert-OH is 1. The van der Waals surface area contributed by atoms with Crippen LogP contribution in [0.3, 0.4) is 0 Å². The highest BCUT2D eigenvalue weighted by Gasteiger charge is 2.19. The molecule has 0 aromatic carbocycles. The molecule has 0 aliphatic rings. The summed E-state index contributed by atoms with van der Waals surface area (Å²) in [6.45, 7) is 3.33. The van der Waals surface area contributed by atoms with Gasteiger partial charge in [-0.05, 0) is 26.0 Å². The maximum atomic E-state index is 11.7. The molecule has 1 aromatic heterocycles. The fraction of sp³-hybridized carbons (Fsp3) is 0.400. The summed E-state index contributed by atoms with van der Waals surface area (Å²) in [6, 6.07) is 3.04. The zero-order valence-electron chi connectivity index (χ0n) is 8.62. The molecule has 0 atom stereocenters. The highest BCUT2D eigenvalue weighted by Crippen LogP contribution is 2.09. The van der Waals surface area contributed by atoms with Crippen molar-refractivity contribution in [2.75, 3.05) is 6.61 Å². The van der Waals surface area contributed by atoms with Gasteiger partial charge in [-0.2, -0.15) is 0 Å². The third kappa shape index (κ3) is 3.49. The van der Waals surface area contributed by atoms with Gasteiger partial charge >= 0.3 is 0 Å². The van der Waals surface area contributed by atoms with Crippen molar-refractivity contribution in [3.8, 4) is 0 Å². The second-order valence-corrected chi connectivity index (χ2v) is 4.25. The number of hydrogen-bond acceptors (Lipinski definition) is 3. The van der Waals surface area contributed by atoms with Gasteiger partial charge in [0.25, 0.3) is 5.91 Å². The van der Waals surface area contributed by atoms with E-state index in [0.717, 1.165) is 0 Å². The van der Waals surface area contributed by atoms with Gasteiger partial charge in [-0.25, -0.2) is 4.98 Å². The molecule has 4 nitrogen and oxygen atoms in total. The fourth-order valence-electron chi connectivity index (χ4n) is 0.963. The first kappa shape index (κ1) is 11.9. The number of rotatable bonds is 3. The van der Waals surface area contributed by atoms with E-state index in [1.165, 1.54) is 12.3 Å². The Balaban J connectivity index is 2.78. The number of carbonyl (C=O) groups excluding carboxylic acids is 1. The Morgan fingerprint density at radius 1 is 1.67 bits per heavy atom. The number of halogens is 1. The van der Waals surface area contributed by atoms with Crippen LogP contribution in [0.1, 0.15) is 24.2 Å². The Morgan fingerprint density at radius 2 is 2.33 bits per heavy atom. The zero-order chi connectivity index (χ0) is 11.5. The van der Waals surface area contributed by atoms with Crippen LogP contribution in [-0.2, 0) is 0 Å². The number of amides is 1. The molecule has 0 fully saturated rings. The average Bonchev–Trinajstić information content (AvgIpc) is 2.17. The highest BCUT2D eigenvalue weighted by molar-refractivity contribution is 6.29. The van der Waals surface area contributed by atoms with Crippen LogP contribution in [0.4, 0.5) is 0 Å². The Morgan fingerprint density at radius 3 is 2.87 bits per heavy atom. The number of nitrogens with zero attached hydrogens (tertiary/aromatic N) is 1. The molecule has 15 heavy (non-hydrogen) atoms. The minimum atomic E-state index is -0.646. The van der Waals surface area contributed by atoms with Crippen molar-refractivity contribution >= 4 is 17.5 Å². The average molecular weight is 229 g/mol. The molecule has 0 bridgehead atoms. The lowest BCUT2D eigenvalue weighted by molar-refractivity contribution is 0.0869. The van der Waals surface area contributed by atoms with E-state index in [2.05, 4.69) is 10.3 Å². The quantitative estimate of drug-likeness (QED) is 0.766. The van der Waals surface area contributed by atoms with Crippen LogP contribution in [0, 0.1) is 0 Å². The predicted molar refractivity (Wildman–Crippen MR) is 57.9 cm³/mol. The summed E-state index contributed by atoms with van der Waals surface area (Å²) in [5, 5.41) is 11.9. The van der Waals surface area contributed by atoms with E-state index in [4.69, 9.17) is 16.7 Å². The lowest BCUT2D eigenvalue weighted by Crippen LogP contribution is -2.46. The second-order valence-electron chi connectivity index (χ2n) is 3.86. The standard InChI is InChI=1S/C10H13ClN2O2/c1-10(2,6-14)13-9(15)7-3-4-12-8(11)5-7/h3-5,14H,6H2,1-2H3,(H,13,15). The first-order valence-electron chi connectivity index (χ1n) is 4.49. The first-order chi connectivity index (χ1) is 6.94. The third-order valence-corrected chi connectivity index (χ3v) is 2.04. The van der Waals surface area contributed by atoms with E-state index in [0.29, 0.717) is 5.56 Å². The Labute approximate surface area is 93.3 Å². The van der Waals surface area contributed by atoms with Crippen LogP contribution in [0.25, 0.3) is 0 Å². The van der Waals surface area contributed by atoms with Gasteiger partial charge in [-0.3, -0.25) is 4.79 Å². The van der Waals surface area contributed by atoms with E-state index in [1.54, 1.807) is 19.9 Å². The predicted octanol–water partition coefficient (Wildman–Crippen LogP) is 1.24. The summed E-state index contributed by atoms with van der Waals surface area (Å²) in [5.74, 6) is -0.279. The summed E-state index contributed by atoms with van der Waals surface area (Å²) in [5.41, 5.74) is -0.219. The van der Waals surface area contributed by atoms with Crippen LogP contribution in [0.2, 0.25) is 5.15 Å². The maximum absolute atomic E-state index is 11.7. The topological polar surface area (TPSA) is 62.2 Å². The van der Waals surface area contributed by atoms with Crippen molar-refractivity contribution in [3.05, 3.63) is 29.0 Å². The number of pyridine rings is 1. The monoisotopic (exact) mass is 228 g/mol. The molecular weight excluding hydrogens is 216 g/mol. The van der Waals surface area contributed by atoms with Gasteiger partial charge in [0.2, 0.25) is 0 Å². The van der Waals surface area contributed by atoms with Gasteiger partial charge < -0.3 is 10.4 Å². The highest BCUT2D eigenvalue weighted by atomic mass is 35.5. The number of nitrogens with one attached hydrogen (secondary N) is 1. The molecule has 2 N–H and O–H groups in total. The molecule has 0 saturated heterocycles. The van der Waals surface area contributed by atoms with Gasteiger partial charge in [0, 0.05) is 11.8 Å². The number of hydrogen-bond donors (Lipinski definition) is 2. The number of aliphatic hydroxyl groups is 1. The Kier molecular flexibility index (Phi) is 3.66. The van der Waals surface area contributed by atoms with Gasteiger partial charge in [0.1, 0.15) is 5.15 Å². The minimum Gasteiger partial charge on any atom is -0.394 e. The molecule has 0 saturated carbocycles. The van der Waals surface area contributed by atoms with E-state index in [9.17, 15) is 4.79 Å². The van der Waals surface area contributed by atoms with Crippen LogP contribution in [0.5, 0.6) is 0 Å². The zero-order valence-corrected chi connectivity index (χ0v) is 9.38. The molecule has 0 unspecified atom stereocenters. The molecular formula is C10H13ClN2O2. The van der Waals surface area contributed by atoms with Crippen molar-refractivity contribution in [3.63, 3.8) is 0 Å². The largest absolute Gasteiger partial charge is 0.394 e. The van der Waals surface area contributed by atoms with Crippen LogP contribution >= 0.6 is 11.6 Å². The van der Waals surface area contributed by atoms with Crippen molar-refractivity contribution in [1.82, 2.24) is 10.3 Å². The first-order valence-corrected chi connectivity index (χ1v) is 4.87. The molecule has 0 aliphatic carbocycles. The third-order valence-electron chi connectivity index (χ3n) is 1.84. The second kappa shape index (κ2) is 4.59. The molecule has 1 amide bonds. The minimum absolute atomic E-state index is 0.127.